The third kappa shape index (κ3) is 1.80. The lowest BCUT2D eigenvalue weighted by Gasteiger charge is -1.98. The number of rotatable bonds is 2. The van der Waals surface area contributed by atoms with Crippen molar-refractivity contribution >= 4 is 17.4 Å². The number of aromatic nitrogens is 1. The highest BCUT2D eigenvalue weighted by Crippen LogP contribution is 2.11. The van der Waals surface area contributed by atoms with Gasteiger partial charge < -0.3 is 0 Å². The van der Waals surface area contributed by atoms with Crippen LogP contribution in [0, 0.1) is 5.95 Å². The molecular formula is C8H7ClFNO. The van der Waals surface area contributed by atoms with Crippen LogP contribution in [0.2, 0.25) is 5.15 Å². The molecule has 1 aromatic heterocycles. The Kier molecular flexibility index (Phi) is 2.76. The normalized spacial score (nSPS) is 9.92. The van der Waals surface area contributed by atoms with E-state index in [1.165, 1.54) is 12.1 Å². The summed E-state index contributed by atoms with van der Waals surface area (Å²) in [4.78, 5) is 14.3. The van der Waals surface area contributed by atoms with Gasteiger partial charge in [-0.1, -0.05) is 18.5 Å². The molecule has 12 heavy (non-hydrogen) atoms. The fourth-order valence-corrected chi connectivity index (χ4v) is 0.948. The largest absolute Gasteiger partial charge is 0.294 e. The second-order valence-electron chi connectivity index (χ2n) is 2.25. The van der Waals surface area contributed by atoms with Crippen LogP contribution in [0.1, 0.15) is 23.7 Å². The molecule has 0 aliphatic carbocycles. The molecule has 1 heterocycles. The third-order valence-electron chi connectivity index (χ3n) is 1.44. The molecule has 0 saturated heterocycles. The van der Waals surface area contributed by atoms with E-state index >= 15 is 0 Å². The average Bonchev–Trinajstić information content (AvgIpc) is 2.03. The lowest BCUT2D eigenvalue weighted by molar-refractivity contribution is 0.0983. The van der Waals surface area contributed by atoms with Crippen molar-refractivity contribution < 1.29 is 9.18 Å². The van der Waals surface area contributed by atoms with E-state index < -0.39 is 5.95 Å². The van der Waals surface area contributed by atoms with E-state index in [2.05, 4.69) is 4.98 Å². The number of pyridine rings is 1. The van der Waals surface area contributed by atoms with Gasteiger partial charge in [0, 0.05) is 6.42 Å². The summed E-state index contributed by atoms with van der Waals surface area (Å²) in [7, 11) is 0. The van der Waals surface area contributed by atoms with Gasteiger partial charge in [0.05, 0.1) is 5.56 Å². The van der Waals surface area contributed by atoms with Crippen LogP contribution < -0.4 is 0 Å². The molecule has 0 spiro atoms. The van der Waals surface area contributed by atoms with Gasteiger partial charge in [-0.15, -0.1) is 0 Å². The van der Waals surface area contributed by atoms with Crippen molar-refractivity contribution in [2.45, 2.75) is 13.3 Å². The first-order chi connectivity index (χ1) is 5.65. The molecule has 0 unspecified atom stereocenters. The van der Waals surface area contributed by atoms with Crippen molar-refractivity contribution in [1.82, 2.24) is 4.98 Å². The molecule has 0 aliphatic heterocycles. The second kappa shape index (κ2) is 3.63. The Labute approximate surface area is 74.4 Å². The van der Waals surface area contributed by atoms with Crippen molar-refractivity contribution in [1.29, 1.82) is 0 Å². The smallest absolute Gasteiger partial charge is 0.225 e. The SMILES string of the molecule is CCC(=O)c1ccc(Cl)nc1F. The third-order valence-corrected chi connectivity index (χ3v) is 1.65. The van der Waals surface area contributed by atoms with Crippen molar-refractivity contribution in [2.24, 2.45) is 0 Å². The monoisotopic (exact) mass is 187 g/mol. The molecule has 64 valence electrons. The van der Waals surface area contributed by atoms with Crippen molar-refractivity contribution in [3.63, 3.8) is 0 Å². The number of ketones is 1. The number of carbonyl (C=O) groups is 1. The Balaban J connectivity index is 3.09. The topological polar surface area (TPSA) is 30.0 Å². The van der Waals surface area contributed by atoms with Crippen LogP contribution >= 0.6 is 11.6 Å². The van der Waals surface area contributed by atoms with Crippen LogP contribution in [-0.4, -0.2) is 10.8 Å². The fraction of sp³-hybridized carbons (Fsp3) is 0.250. The zero-order chi connectivity index (χ0) is 9.14. The minimum atomic E-state index is -0.797. The van der Waals surface area contributed by atoms with E-state index in [0.717, 1.165) is 0 Å². The number of hydrogen-bond donors (Lipinski definition) is 0. The maximum absolute atomic E-state index is 12.9. The van der Waals surface area contributed by atoms with Gasteiger partial charge in [-0.3, -0.25) is 4.79 Å². The van der Waals surface area contributed by atoms with E-state index in [1.807, 2.05) is 0 Å². The van der Waals surface area contributed by atoms with E-state index in [9.17, 15) is 9.18 Å². The summed E-state index contributed by atoms with van der Waals surface area (Å²) >= 11 is 5.40. The first-order valence-corrected chi connectivity index (χ1v) is 3.88. The maximum atomic E-state index is 12.9. The molecule has 0 N–H and O–H groups in total. The Morgan fingerprint density at radius 3 is 2.83 bits per heavy atom. The number of carbonyl (C=O) groups excluding carboxylic acids is 1. The van der Waals surface area contributed by atoms with E-state index in [-0.39, 0.29) is 22.9 Å². The highest BCUT2D eigenvalue weighted by Gasteiger charge is 2.10. The first kappa shape index (κ1) is 9.13. The van der Waals surface area contributed by atoms with Crippen LogP contribution in [0.3, 0.4) is 0 Å². The average molecular weight is 188 g/mol. The Hall–Kier alpha value is -0.960. The van der Waals surface area contributed by atoms with Crippen LogP contribution in [-0.2, 0) is 0 Å². The summed E-state index contributed by atoms with van der Waals surface area (Å²) in [6.07, 6.45) is 0.264. The maximum Gasteiger partial charge on any atom is 0.225 e. The van der Waals surface area contributed by atoms with Gasteiger partial charge in [-0.25, -0.2) is 4.98 Å². The lowest BCUT2D eigenvalue weighted by atomic mass is 10.1. The first-order valence-electron chi connectivity index (χ1n) is 3.50. The van der Waals surface area contributed by atoms with Gasteiger partial charge in [-0.05, 0) is 12.1 Å². The quantitative estimate of drug-likeness (QED) is 0.526. The molecule has 1 aromatic rings. The van der Waals surface area contributed by atoms with E-state index in [1.54, 1.807) is 6.92 Å². The van der Waals surface area contributed by atoms with Crippen molar-refractivity contribution in [3.8, 4) is 0 Å². The molecule has 0 aromatic carbocycles. The fourth-order valence-electron chi connectivity index (χ4n) is 0.811. The van der Waals surface area contributed by atoms with Crippen molar-refractivity contribution in [2.75, 3.05) is 0 Å². The Bertz CT molecular complexity index is 314. The molecule has 0 bridgehead atoms. The van der Waals surface area contributed by atoms with Crippen molar-refractivity contribution in [3.05, 3.63) is 28.8 Å². The molecule has 4 heteroatoms. The van der Waals surface area contributed by atoms with E-state index in [0.29, 0.717) is 0 Å². The molecule has 0 aliphatic rings. The van der Waals surface area contributed by atoms with E-state index in [4.69, 9.17) is 11.6 Å². The zero-order valence-electron chi connectivity index (χ0n) is 6.47. The standard InChI is InChI=1S/C8H7ClFNO/c1-2-6(12)5-3-4-7(9)11-8(5)10/h3-4H,2H2,1H3. The highest BCUT2D eigenvalue weighted by atomic mass is 35.5. The summed E-state index contributed by atoms with van der Waals surface area (Å²) in [6, 6.07) is 2.74. The minimum Gasteiger partial charge on any atom is -0.294 e. The Morgan fingerprint density at radius 2 is 2.33 bits per heavy atom. The number of halogens is 2. The summed E-state index contributed by atoms with van der Waals surface area (Å²) in [5, 5.41) is 0.0557. The summed E-state index contributed by atoms with van der Waals surface area (Å²) in [5.74, 6) is -1.06. The summed E-state index contributed by atoms with van der Waals surface area (Å²) < 4.78 is 12.9. The molecule has 0 amide bonds. The van der Waals surface area contributed by atoms with Crippen LogP contribution in [0.25, 0.3) is 0 Å². The molecule has 0 fully saturated rings. The lowest BCUT2D eigenvalue weighted by Crippen LogP contribution is -2.02. The molecule has 0 atom stereocenters. The molecule has 2 nitrogen and oxygen atoms in total. The predicted molar refractivity (Wildman–Crippen MR) is 43.8 cm³/mol. The van der Waals surface area contributed by atoms with Gasteiger partial charge in [0.25, 0.3) is 0 Å². The van der Waals surface area contributed by atoms with Gasteiger partial charge >= 0.3 is 0 Å². The summed E-state index contributed by atoms with van der Waals surface area (Å²) in [5.41, 5.74) is 0.00176. The minimum absolute atomic E-state index is 0.00176. The van der Waals surface area contributed by atoms with Crippen LogP contribution in [0.5, 0.6) is 0 Å². The molecule has 0 radical (unpaired) electrons. The molecular weight excluding hydrogens is 181 g/mol. The molecule has 0 saturated carbocycles. The van der Waals surface area contributed by atoms with Gasteiger partial charge in [0.2, 0.25) is 5.95 Å². The van der Waals surface area contributed by atoms with Gasteiger partial charge in [0.1, 0.15) is 5.15 Å². The second-order valence-corrected chi connectivity index (χ2v) is 2.64. The number of Topliss-reactive ketones (excluding diaryl/α,β-unsaturated/α-hetero) is 1. The van der Waals surface area contributed by atoms with Crippen LogP contribution in [0.15, 0.2) is 12.1 Å². The number of nitrogens with zero attached hydrogens (tertiary/aromatic N) is 1. The Morgan fingerprint density at radius 1 is 1.67 bits per heavy atom. The summed E-state index contributed by atoms with van der Waals surface area (Å²) in [6.45, 7) is 1.66. The van der Waals surface area contributed by atoms with Gasteiger partial charge in [-0.2, -0.15) is 4.39 Å². The zero-order valence-corrected chi connectivity index (χ0v) is 7.23. The predicted octanol–water partition coefficient (Wildman–Crippen LogP) is 2.47. The van der Waals surface area contributed by atoms with Crippen LogP contribution in [0.4, 0.5) is 4.39 Å². The highest BCUT2D eigenvalue weighted by molar-refractivity contribution is 6.29. The van der Waals surface area contributed by atoms with Gasteiger partial charge in [0.15, 0.2) is 5.78 Å². The molecule has 1 rings (SSSR count). The number of hydrogen-bond acceptors (Lipinski definition) is 2.